The van der Waals surface area contributed by atoms with Gasteiger partial charge in [0.1, 0.15) is 12.6 Å². The molecule has 0 aliphatic heterocycles. The summed E-state index contributed by atoms with van der Waals surface area (Å²) in [5.41, 5.74) is 5.33. The van der Waals surface area contributed by atoms with Crippen LogP contribution >= 0.6 is 7.82 Å². The number of aliphatic carboxylic acids is 1. The Morgan fingerprint density at radius 3 is 1.47 bits per heavy atom. The van der Waals surface area contributed by atoms with Gasteiger partial charge in [0, 0.05) is 12.8 Å². The molecule has 4 N–H and O–H groups in total. The minimum atomic E-state index is -4.72. The second-order valence-electron chi connectivity index (χ2n) is 15.1. The molecule has 0 rings (SSSR count). The Hall–Kier alpha value is -2.56. The highest BCUT2D eigenvalue weighted by Gasteiger charge is 2.28. The third-order valence-corrected chi connectivity index (χ3v) is 10.5. The molecule has 0 saturated heterocycles. The molecule has 3 unspecified atom stereocenters. The second-order valence-corrected chi connectivity index (χ2v) is 16.6. The predicted octanol–water partition coefficient (Wildman–Crippen LogP) is 12.2. The van der Waals surface area contributed by atoms with Crippen LogP contribution < -0.4 is 5.73 Å². The number of hydrogen-bond acceptors (Lipinski definition) is 9. The largest absolute Gasteiger partial charge is 0.480 e. The standard InChI is InChI=1S/C46H82NO10P/c1-3-5-7-9-11-13-15-17-19-20-21-22-24-25-27-29-31-33-35-37-44(48)54-39-42(40-55-58(52,53)56-41-43(47)46(50)51)57-45(49)38-36-34-32-30-28-26-23-18-16-14-12-10-8-6-4-2/h6,8,12,14,17-19,23,42-43H,3-5,7,9-11,13,15-16,20-22,24-41,47H2,1-2H3,(H,50,51)(H,52,53)/b8-6-,14-12-,19-17-,23-18-. The van der Waals surface area contributed by atoms with Crippen LogP contribution in [0.5, 0.6) is 0 Å². The number of carbonyl (C=O) groups is 3. The van der Waals surface area contributed by atoms with E-state index in [2.05, 4.69) is 67.0 Å². The van der Waals surface area contributed by atoms with Gasteiger partial charge in [0.05, 0.1) is 13.2 Å². The summed E-state index contributed by atoms with van der Waals surface area (Å²) in [5.74, 6) is -2.40. The average molecular weight is 840 g/mol. The highest BCUT2D eigenvalue weighted by Crippen LogP contribution is 2.43. The summed E-state index contributed by atoms with van der Waals surface area (Å²) in [5, 5.41) is 8.89. The zero-order chi connectivity index (χ0) is 42.8. The van der Waals surface area contributed by atoms with Crippen LogP contribution in [0.15, 0.2) is 48.6 Å². The number of unbranched alkanes of at least 4 members (excludes halogenated alkanes) is 20. The van der Waals surface area contributed by atoms with E-state index < -0.39 is 51.1 Å². The van der Waals surface area contributed by atoms with Gasteiger partial charge in [-0.25, -0.2) is 4.57 Å². The van der Waals surface area contributed by atoms with Crippen LogP contribution in [-0.4, -0.2) is 59.9 Å². The molecule has 58 heavy (non-hydrogen) atoms. The van der Waals surface area contributed by atoms with E-state index in [0.717, 1.165) is 70.6 Å². The Morgan fingerprint density at radius 1 is 0.552 bits per heavy atom. The van der Waals surface area contributed by atoms with Crippen molar-refractivity contribution >= 4 is 25.7 Å². The van der Waals surface area contributed by atoms with E-state index in [-0.39, 0.29) is 19.4 Å². The third-order valence-electron chi connectivity index (χ3n) is 9.56. The van der Waals surface area contributed by atoms with E-state index >= 15 is 0 Å². The van der Waals surface area contributed by atoms with Crippen LogP contribution in [0.4, 0.5) is 0 Å². The molecular formula is C46H82NO10P. The number of phosphoric acid groups is 1. The molecule has 0 aliphatic rings. The number of ether oxygens (including phenoxy) is 2. The summed E-state index contributed by atoms with van der Waals surface area (Å²) >= 11 is 0. The van der Waals surface area contributed by atoms with Crippen LogP contribution in [0, 0.1) is 0 Å². The first-order valence-electron chi connectivity index (χ1n) is 22.7. The Balaban J connectivity index is 4.33. The number of allylic oxidation sites excluding steroid dienone is 8. The van der Waals surface area contributed by atoms with Crippen molar-refractivity contribution in [3.63, 3.8) is 0 Å². The molecule has 0 radical (unpaired) electrons. The number of carbonyl (C=O) groups excluding carboxylic acids is 2. The van der Waals surface area contributed by atoms with Crippen LogP contribution in [0.1, 0.15) is 194 Å². The molecule has 11 nitrogen and oxygen atoms in total. The molecular weight excluding hydrogens is 757 g/mol. The molecule has 0 bridgehead atoms. The lowest BCUT2D eigenvalue weighted by Gasteiger charge is -2.20. The highest BCUT2D eigenvalue weighted by molar-refractivity contribution is 7.47. The van der Waals surface area contributed by atoms with Crippen molar-refractivity contribution in [2.45, 2.75) is 206 Å². The molecule has 0 heterocycles. The van der Waals surface area contributed by atoms with Crippen LogP contribution in [0.3, 0.4) is 0 Å². The van der Waals surface area contributed by atoms with Gasteiger partial charge in [-0.15, -0.1) is 0 Å². The summed E-state index contributed by atoms with van der Waals surface area (Å²) in [7, 11) is -4.72. The summed E-state index contributed by atoms with van der Waals surface area (Å²) < 4.78 is 32.7. The molecule has 0 fully saturated rings. The van der Waals surface area contributed by atoms with Gasteiger partial charge in [0.15, 0.2) is 6.10 Å². The van der Waals surface area contributed by atoms with Crippen molar-refractivity contribution < 1.29 is 47.5 Å². The van der Waals surface area contributed by atoms with Crippen LogP contribution in [0.2, 0.25) is 0 Å². The van der Waals surface area contributed by atoms with Gasteiger partial charge in [-0.05, 0) is 70.6 Å². The van der Waals surface area contributed by atoms with Crippen molar-refractivity contribution in [3.05, 3.63) is 48.6 Å². The smallest absolute Gasteiger partial charge is 0.472 e. The maximum Gasteiger partial charge on any atom is 0.472 e. The molecule has 3 atom stereocenters. The summed E-state index contributed by atoms with van der Waals surface area (Å²) in [6, 6.07) is -1.53. The van der Waals surface area contributed by atoms with Gasteiger partial charge >= 0.3 is 25.7 Å². The quantitative estimate of drug-likeness (QED) is 0.0231. The lowest BCUT2D eigenvalue weighted by molar-refractivity contribution is -0.161. The number of rotatable bonds is 42. The third kappa shape index (κ3) is 40.2. The normalized spacial score (nSPS) is 14.1. The fraction of sp³-hybridized carbons (Fsp3) is 0.761. The maximum atomic E-state index is 12.6. The zero-order valence-electron chi connectivity index (χ0n) is 36.4. The molecule has 0 saturated carbocycles. The Kier molecular flexibility index (Phi) is 39.4. The van der Waals surface area contributed by atoms with Gasteiger partial charge in [-0.1, -0.05) is 159 Å². The van der Waals surface area contributed by atoms with Gasteiger partial charge < -0.3 is 25.2 Å². The van der Waals surface area contributed by atoms with Crippen molar-refractivity contribution in [2.75, 3.05) is 19.8 Å². The first-order valence-corrected chi connectivity index (χ1v) is 24.2. The van der Waals surface area contributed by atoms with Crippen LogP contribution in [0.25, 0.3) is 0 Å². The number of hydrogen-bond donors (Lipinski definition) is 3. The minimum absolute atomic E-state index is 0.140. The van der Waals surface area contributed by atoms with Gasteiger partial charge in [-0.2, -0.15) is 0 Å². The minimum Gasteiger partial charge on any atom is -0.480 e. The molecule has 336 valence electrons. The highest BCUT2D eigenvalue weighted by atomic mass is 31.2. The second kappa shape index (κ2) is 41.2. The Labute approximate surface area is 352 Å². The van der Waals surface area contributed by atoms with Crippen molar-refractivity contribution in [3.8, 4) is 0 Å². The lowest BCUT2D eigenvalue weighted by atomic mass is 10.1. The maximum absolute atomic E-state index is 12.6. The SMILES string of the molecule is CC/C=C\C/C=C\C/C=C\CCCCCCCC(=O)OC(COC(=O)CCCCCCCCCCC/C=C\CCCCCCCC)COP(=O)(O)OCC(N)C(=O)O. The molecule has 0 spiro atoms. The number of nitrogens with two attached hydrogens (primary N) is 1. The van der Waals surface area contributed by atoms with Gasteiger partial charge in [-0.3, -0.25) is 23.4 Å². The van der Waals surface area contributed by atoms with E-state index in [1.165, 1.54) is 83.5 Å². The first-order chi connectivity index (χ1) is 28.1. The van der Waals surface area contributed by atoms with E-state index in [4.69, 9.17) is 24.8 Å². The molecule has 0 amide bonds. The fourth-order valence-corrected chi connectivity index (χ4v) is 6.79. The summed E-state index contributed by atoms with van der Waals surface area (Å²) in [6.45, 7) is 2.67. The van der Waals surface area contributed by atoms with E-state index in [1.54, 1.807) is 0 Å². The summed E-state index contributed by atoms with van der Waals surface area (Å²) in [4.78, 5) is 46.0. The summed E-state index contributed by atoms with van der Waals surface area (Å²) in [6.07, 6.45) is 46.0. The lowest BCUT2D eigenvalue weighted by Crippen LogP contribution is -2.34. The van der Waals surface area contributed by atoms with Crippen molar-refractivity contribution in [1.29, 1.82) is 0 Å². The molecule has 0 aromatic rings. The Bertz CT molecular complexity index is 1170. The predicted molar refractivity (Wildman–Crippen MR) is 235 cm³/mol. The molecule has 0 aromatic heterocycles. The number of carboxylic acids is 1. The first kappa shape index (κ1) is 55.4. The topological polar surface area (TPSA) is 172 Å². The van der Waals surface area contributed by atoms with E-state index in [9.17, 15) is 23.8 Å². The Morgan fingerprint density at radius 2 is 0.966 bits per heavy atom. The number of phosphoric ester groups is 1. The molecule has 0 aliphatic carbocycles. The van der Waals surface area contributed by atoms with Crippen LogP contribution in [-0.2, 0) is 37.5 Å². The van der Waals surface area contributed by atoms with Gasteiger partial charge in [0.25, 0.3) is 0 Å². The number of carboxylic acid groups (broad SMARTS) is 1. The monoisotopic (exact) mass is 840 g/mol. The van der Waals surface area contributed by atoms with E-state index in [0.29, 0.717) is 12.8 Å². The van der Waals surface area contributed by atoms with Gasteiger partial charge in [0.2, 0.25) is 0 Å². The zero-order valence-corrected chi connectivity index (χ0v) is 37.3. The molecule has 0 aromatic carbocycles. The average Bonchev–Trinajstić information content (AvgIpc) is 3.20. The van der Waals surface area contributed by atoms with E-state index in [1.807, 2.05) is 0 Å². The van der Waals surface area contributed by atoms with Crippen molar-refractivity contribution in [2.24, 2.45) is 5.73 Å². The number of esters is 2. The van der Waals surface area contributed by atoms with Crippen molar-refractivity contribution in [1.82, 2.24) is 0 Å². The molecule has 12 heteroatoms. The fourth-order valence-electron chi connectivity index (χ4n) is 6.02.